The van der Waals surface area contributed by atoms with Gasteiger partial charge in [0.15, 0.2) is 0 Å². The van der Waals surface area contributed by atoms with Crippen LogP contribution < -0.4 is 0 Å². The van der Waals surface area contributed by atoms with Crippen molar-refractivity contribution in [3.05, 3.63) is 16.7 Å². The molecule has 0 bridgehead atoms. The average molecular weight is 227 g/mol. The summed E-state index contributed by atoms with van der Waals surface area (Å²) in [7, 11) is 0. The minimum atomic E-state index is -2.95. The van der Waals surface area contributed by atoms with Gasteiger partial charge in [0, 0.05) is 0 Å². The second kappa shape index (κ2) is 3.46. The molecule has 1 heterocycles. The van der Waals surface area contributed by atoms with Crippen molar-refractivity contribution in [2.45, 2.75) is 32.7 Å². The average Bonchev–Trinajstić information content (AvgIpc) is 2.24. The molecule has 0 aliphatic heterocycles. The van der Waals surface area contributed by atoms with E-state index in [1.165, 1.54) is 0 Å². The van der Waals surface area contributed by atoms with Crippen LogP contribution in [0.5, 0.6) is 0 Å². The van der Waals surface area contributed by atoms with Crippen molar-refractivity contribution in [1.29, 1.82) is 0 Å². The molecule has 0 unspecified atom stereocenters. The smallest absolute Gasteiger partial charge is 0.245 e. The first kappa shape index (κ1) is 11.4. The predicted molar refractivity (Wildman–Crippen MR) is 47.1 cm³/mol. The Morgan fingerprint density at radius 1 is 1.36 bits per heavy atom. The van der Waals surface area contributed by atoms with Crippen molar-refractivity contribution >= 4 is 11.6 Å². The molecule has 0 amide bonds. The molecular weight excluding hydrogens is 217 g/mol. The Labute approximate surface area is 84.7 Å². The summed E-state index contributed by atoms with van der Waals surface area (Å²) in [6.07, 6.45) is -2.95. The third-order valence-corrected chi connectivity index (χ3v) is 2.04. The van der Waals surface area contributed by atoms with Crippen LogP contribution in [0, 0.1) is 5.95 Å². The Hall–Kier alpha value is -0.710. The van der Waals surface area contributed by atoms with Crippen LogP contribution in [0.4, 0.5) is 13.2 Å². The van der Waals surface area contributed by atoms with Gasteiger partial charge in [0.05, 0.1) is 5.54 Å². The second-order valence-corrected chi connectivity index (χ2v) is 4.24. The molecule has 0 aliphatic carbocycles. The Balaban J connectivity index is 3.31. The molecule has 1 aromatic rings. The van der Waals surface area contributed by atoms with E-state index in [9.17, 15) is 13.2 Å². The number of hydrogen-bond donors (Lipinski definition) is 0. The minimum absolute atomic E-state index is 0.343. The van der Waals surface area contributed by atoms with Crippen molar-refractivity contribution in [3.8, 4) is 0 Å². The molecule has 2 nitrogen and oxygen atoms in total. The highest BCUT2D eigenvalue weighted by Crippen LogP contribution is 2.32. The van der Waals surface area contributed by atoms with Gasteiger partial charge in [-0.25, -0.2) is 13.5 Å². The highest BCUT2D eigenvalue weighted by molar-refractivity contribution is 6.30. The zero-order valence-corrected chi connectivity index (χ0v) is 8.74. The molecule has 0 aliphatic rings. The van der Waals surface area contributed by atoms with Gasteiger partial charge in [-0.1, -0.05) is 11.6 Å². The Morgan fingerprint density at radius 3 is 2.07 bits per heavy atom. The highest BCUT2D eigenvalue weighted by atomic mass is 35.5. The lowest BCUT2D eigenvalue weighted by molar-refractivity contribution is 0.146. The van der Waals surface area contributed by atoms with Crippen molar-refractivity contribution in [2.24, 2.45) is 0 Å². The van der Waals surface area contributed by atoms with Crippen LogP contribution in [0.2, 0.25) is 5.15 Å². The topological polar surface area (TPSA) is 17.8 Å². The lowest BCUT2D eigenvalue weighted by Gasteiger charge is -2.19. The van der Waals surface area contributed by atoms with E-state index in [-0.39, 0.29) is 5.15 Å². The van der Waals surface area contributed by atoms with Gasteiger partial charge in [0.2, 0.25) is 5.95 Å². The summed E-state index contributed by atoms with van der Waals surface area (Å²) in [5.41, 5.74) is -1.45. The van der Waals surface area contributed by atoms with Crippen molar-refractivity contribution in [2.75, 3.05) is 0 Å². The van der Waals surface area contributed by atoms with Gasteiger partial charge in [0.25, 0.3) is 6.43 Å². The maximum Gasteiger partial charge on any atom is 0.271 e. The summed E-state index contributed by atoms with van der Waals surface area (Å²) >= 11 is 5.59. The molecule has 0 spiro atoms. The first-order chi connectivity index (χ1) is 6.25. The van der Waals surface area contributed by atoms with E-state index < -0.39 is 23.5 Å². The van der Waals surface area contributed by atoms with Crippen molar-refractivity contribution in [3.63, 3.8) is 0 Å². The van der Waals surface area contributed by atoms with Gasteiger partial charge in [-0.05, 0) is 20.8 Å². The van der Waals surface area contributed by atoms with Crippen LogP contribution in [0.1, 0.15) is 32.8 Å². The molecule has 1 aromatic heterocycles. The first-order valence-electron chi connectivity index (χ1n) is 3.97. The summed E-state index contributed by atoms with van der Waals surface area (Å²) in [5, 5.41) is 3.00. The quantitative estimate of drug-likeness (QED) is 0.718. The monoisotopic (exact) mass is 226 g/mol. The fourth-order valence-corrected chi connectivity index (χ4v) is 1.46. The Kier molecular flexibility index (Phi) is 2.81. The zero-order valence-electron chi connectivity index (χ0n) is 7.98. The normalized spacial score (nSPS) is 12.6. The molecule has 0 saturated carbocycles. The summed E-state index contributed by atoms with van der Waals surface area (Å²) in [4.78, 5) is 0. The molecule has 14 heavy (non-hydrogen) atoms. The minimum Gasteiger partial charge on any atom is -0.245 e. The predicted octanol–water partition coefficient (Wildman–Crippen LogP) is 3.37. The van der Waals surface area contributed by atoms with Crippen LogP contribution in [0.15, 0.2) is 0 Å². The molecule has 6 heteroatoms. The number of aromatic nitrogens is 2. The number of nitrogens with zero attached hydrogens (tertiary/aromatic N) is 2. The van der Waals surface area contributed by atoms with Crippen molar-refractivity contribution in [1.82, 2.24) is 9.78 Å². The number of rotatable bonds is 1. The van der Waals surface area contributed by atoms with Crippen LogP contribution >= 0.6 is 11.6 Å². The third kappa shape index (κ3) is 1.87. The molecule has 0 fully saturated rings. The van der Waals surface area contributed by atoms with Gasteiger partial charge in [-0.3, -0.25) is 0 Å². The van der Waals surface area contributed by atoms with Crippen LogP contribution in [0.3, 0.4) is 0 Å². The van der Waals surface area contributed by atoms with Gasteiger partial charge < -0.3 is 0 Å². The highest BCUT2D eigenvalue weighted by Gasteiger charge is 2.28. The Bertz CT molecular complexity index is 341. The summed E-state index contributed by atoms with van der Waals surface area (Å²) in [6.45, 7) is 5.09. The van der Waals surface area contributed by atoms with E-state index in [0.29, 0.717) is 0 Å². The molecule has 0 radical (unpaired) electrons. The molecular formula is C8H10ClF3N2. The largest absolute Gasteiger partial charge is 0.271 e. The SMILES string of the molecule is CC(C)(C)n1nc(F)c(C(F)F)c1Cl. The van der Waals surface area contributed by atoms with Gasteiger partial charge in [0.1, 0.15) is 10.7 Å². The van der Waals surface area contributed by atoms with Gasteiger partial charge in [-0.2, -0.15) is 4.39 Å². The van der Waals surface area contributed by atoms with Crippen LogP contribution in [-0.2, 0) is 5.54 Å². The summed E-state index contributed by atoms with van der Waals surface area (Å²) < 4.78 is 38.6. The molecule has 1 rings (SSSR count). The summed E-state index contributed by atoms with van der Waals surface area (Å²) in [5.74, 6) is -1.21. The molecule has 0 N–H and O–H groups in total. The standard InChI is InChI=1S/C8H10ClF3N2/c1-8(2,3)14-5(9)4(6(10)11)7(12)13-14/h6H,1-3H3. The van der Waals surface area contributed by atoms with E-state index in [0.717, 1.165) is 4.68 Å². The summed E-state index contributed by atoms with van der Waals surface area (Å²) in [6, 6.07) is 0. The third-order valence-electron chi connectivity index (χ3n) is 1.67. The number of halogens is 4. The first-order valence-corrected chi connectivity index (χ1v) is 4.35. The van der Waals surface area contributed by atoms with Crippen molar-refractivity contribution < 1.29 is 13.2 Å². The number of hydrogen-bond acceptors (Lipinski definition) is 1. The van der Waals surface area contributed by atoms with Gasteiger partial charge in [-0.15, -0.1) is 5.10 Å². The van der Waals surface area contributed by atoms with Crippen LogP contribution in [0.25, 0.3) is 0 Å². The van der Waals surface area contributed by atoms with Gasteiger partial charge >= 0.3 is 0 Å². The van der Waals surface area contributed by atoms with E-state index in [4.69, 9.17) is 11.6 Å². The van der Waals surface area contributed by atoms with E-state index >= 15 is 0 Å². The fraction of sp³-hybridized carbons (Fsp3) is 0.625. The second-order valence-electron chi connectivity index (χ2n) is 3.88. The molecule has 0 aromatic carbocycles. The van der Waals surface area contributed by atoms with E-state index in [2.05, 4.69) is 5.10 Å². The molecule has 80 valence electrons. The molecule has 0 saturated heterocycles. The van der Waals surface area contributed by atoms with E-state index in [1.807, 2.05) is 0 Å². The fourth-order valence-electron chi connectivity index (χ4n) is 1.01. The Morgan fingerprint density at radius 2 is 1.86 bits per heavy atom. The van der Waals surface area contributed by atoms with Crippen LogP contribution in [-0.4, -0.2) is 9.78 Å². The lowest BCUT2D eigenvalue weighted by atomic mass is 10.1. The maximum absolute atomic E-state index is 13.0. The maximum atomic E-state index is 13.0. The number of alkyl halides is 2. The lowest BCUT2D eigenvalue weighted by Crippen LogP contribution is -2.23. The van der Waals surface area contributed by atoms with E-state index in [1.54, 1.807) is 20.8 Å². The zero-order chi connectivity index (χ0) is 11.1. The molecule has 0 atom stereocenters.